The minimum Gasteiger partial charge on any atom is -0.490 e. The molecule has 5 heteroatoms. The summed E-state index contributed by atoms with van der Waals surface area (Å²) in [6.45, 7) is 2.14. The van der Waals surface area contributed by atoms with Gasteiger partial charge in [-0.2, -0.15) is 0 Å². The van der Waals surface area contributed by atoms with E-state index in [1.807, 2.05) is 6.92 Å². The average Bonchev–Trinajstić information content (AvgIpc) is 2.49. The summed E-state index contributed by atoms with van der Waals surface area (Å²) < 4.78 is 25.0. The SMILES string of the molecule is CCOc1cccc(CO)c1OCc1cccc(Cl)c1F. The van der Waals surface area contributed by atoms with Crippen LogP contribution in [0, 0.1) is 5.82 Å². The molecule has 0 saturated carbocycles. The molecule has 0 aliphatic rings. The lowest BCUT2D eigenvalue weighted by molar-refractivity contribution is 0.241. The second kappa shape index (κ2) is 7.29. The Bertz CT molecular complexity index is 616. The van der Waals surface area contributed by atoms with E-state index < -0.39 is 5.82 Å². The van der Waals surface area contributed by atoms with Gasteiger partial charge in [0.15, 0.2) is 11.5 Å². The van der Waals surface area contributed by atoms with Crippen LogP contribution in [0.1, 0.15) is 18.1 Å². The van der Waals surface area contributed by atoms with E-state index in [-0.39, 0.29) is 18.2 Å². The third-order valence-corrected chi connectivity index (χ3v) is 3.23. The standard InChI is InChI=1S/C16H16ClFO3/c1-2-20-14-8-4-5-11(9-19)16(14)21-10-12-6-3-7-13(17)15(12)18/h3-8,19H,2,9-10H2,1H3. The van der Waals surface area contributed by atoms with Crippen LogP contribution in [0.2, 0.25) is 5.02 Å². The molecule has 0 aliphatic carbocycles. The molecule has 2 rings (SSSR count). The molecule has 0 aromatic heterocycles. The first-order valence-electron chi connectivity index (χ1n) is 6.58. The Kier molecular flexibility index (Phi) is 5.42. The lowest BCUT2D eigenvalue weighted by Crippen LogP contribution is -2.04. The zero-order chi connectivity index (χ0) is 15.2. The molecule has 0 atom stereocenters. The van der Waals surface area contributed by atoms with E-state index in [0.717, 1.165) is 0 Å². The van der Waals surface area contributed by atoms with E-state index in [1.165, 1.54) is 6.07 Å². The second-order valence-corrected chi connectivity index (χ2v) is 4.74. The Labute approximate surface area is 127 Å². The smallest absolute Gasteiger partial charge is 0.167 e. The van der Waals surface area contributed by atoms with Crippen LogP contribution >= 0.6 is 11.6 Å². The Morgan fingerprint density at radius 1 is 1.10 bits per heavy atom. The Balaban J connectivity index is 2.24. The van der Waals surface area contributed by atoms with Gasteiger partial charge in [-0.15, -0.1) is 0 Å². The first-order chi connectivity index (χ1) is 10.2. The summed E-state index contributed by atoms with van der Waals surface area (Å²) in [5, 5.41) is 9.43. The van der Waals surface area contributed by atoms with E-state index in [4.69, 9.17) is 21.1 Å². The molecule has 0 radical (unpaired) electrons. The van der Waals surface area contributed by atoms with Gasteiger partial charge in [0.05, 0.1) is 18.2 Å². The van der Waals surface area contributed by atoms with Crippen LogP contribution in [-0.2, 0) is 13.2 Å². The number of halogens is 2. The normalized spacial score (nSPS) is 10.5. The molecule has 0 fully saturated rings. The van der Waals surface area contributed by atoms with Crippen molar-refractivity contribution in [1.29, 1.82) is 0 Å². The van der Waals surface area contributed by atoms with Crippen molar-refractivity contribution in [3.63, 3.8) is 0 Å². The van der Waals surface area contributed by atoms with Gasteiger partial charge in [0.25, 0.3) is 0 Å². The van der Waals surface area contributed by atoms with Crippen LogP contribution in [0.25, 0.3) is 0 Å². The summed E-state index contributed by atoms with van der Waals surface area (Å²) in [7, 11) is 0. The topological polar surface area (TPSA) is 38.7 Å². The highest BCUT2D eigenvalue weighted by Crippen LogP contribution is 2.32. The van der Waals surface area contributed by atoms with Crippen LogP contribution in [0.4, 0.5) is 4.39 Å². The number of benzene rings is 2. The van der Waals surface area contributed by atoms with Crippen molar-refractivity contribution >= 4 is 11.6 Å². The number of aliphatic hydroxyl groups is 1. The van der Waals surface area contributed by atoms with Gasteiger partial charge in [-0.3, -0.25) is 0 Å². The first kappa shape index (κ1) is 15.6. The van der Waals surface area contributed by atoms with Gasteiger partial charge in [-0.1, -0.05) is 35.9 Å². The van der Waals surface area contributed by atoms with Gasteiger partial charge in [0, 0.05) is 11.1 Å². The van der Waals surface area contributed by atoms with Crippen LogP contribution in [0.5, 0.6) is 11.5 Å². The summed E-state index contributed by atoms with van der Waals surface area (Å²) in [4.78, 5) is 0. The van der Waals surface area contributed by atoms with Crippen molar-refractivity contribution in [2.24, 2.45) is 0 Å². The maximum atomic E-state index is 13.8. The number of aliphatic hydroxyl groups excluding tert-OH is 1. The summed E-state index contributed by atoms with van der Waals surface area (Å²) in [5.74, 6) is 0.436. The average molecular weight is 311 g/mol. The number of rotatable bonds is 6. The Hall–Kier alpha value is -1.78. The van der Waals surface area contributed by atoms with Gasteiger partial charge < -0.3 is 14.6 Å². The van der Waals surface area contributed by atoms with Crippen molar-refractivity contribution < 1.29 is 19.0 Å². The maximum Gasteiger partial charge on any atom is 0.167 e. The summed E-state index contributed by atoms with van der Waals surface area (Å²) in [6, 6.07) is 9.98. The molecule has 2 aromatic carbocycles. The van der Waals surface area contributed by atoms with Crippen LogP contribution < -0.4 is 9.47 Å². The van der Waals surface area contributed by atoms with E-state index in [0.29, 0.717) is 29.2 Å². The number of hydrogen-bond donors (Lipinski definition) is 1. The molecule has 0 amide bonds. The van der Waals surface area contributed by atoms with Gasteiger partial charge in [-0.25, -0.2) is 4.39 Å². The molecule has 0 heterocycles. The lowest BCUT2D eigenvalue weighted by atomic mass is 10.2. The van der Waals surface area contributed by atoms with Crippen molar-refractivity contribution in [3.8, 4) is 11.5 Å². The Morgan fingerprint density at radius 2 is 1.81 bits per heavy atom. The second-order valence-electron chi connectivity index (χ2n) is 4.34. The highest BCUT2D eigenvalue weighted by atomic mass is 35.5. The molecule has 112 valence electrons. The quantitative estimate of drug-likeness (QED) is 0.878. The zero-order valence-corrected chi connectivity index (χ0v) is 12.4. The summed E-state index contributed by atoms with van der Waals surface area (Å²) >= 11 is 5.74. The van der Waals surface area contributed by atoms with Crippen molar-refractivity contribution in [1.82, 2.24) is 0 Å². The number of para-hydroxylation sites is 1. The zero-order valence-electron chi connectivity index (χ0n) is 11.6. The molecular formula is C16H16ClFO3. The maximum absolute atomic E-state index is 13.8. The molecule has 21 heavy (non-hydrogen) atoms. The fourth-order valence-corrected chi connectivity index (χ4v) is 2.12. The number of hydrogen-bond acceptors (Lipinski definition) is 3. The van der Waals surface area contributed by atoms with Gasteiger partial charge >= 0.3 is 0 Å². The molecule has 3 nitrogen and oxygen atoms in total. The van der Waals surface area contributed by atoms with E-state index in [9.17, 15) is 9.50 Å². The molecular weight excluding hydrogens is 295 g/mol. The molecule has 0 unspecified atom stereocenters. The number of ether oxygens (including phenoxy) is 2. The molecule has 0 spiro atoms. The third-order valence-electron chi connectivity index (χ3n) is 2.93. The molecule has 0 bridgehead atoms. The first-order valence-corrected chi connectivity index (χ1v) is 6.96. The Morgan fingerprint density at radius 3 is 2.52 bits per heavy atom. The highest BCUT2D eigenvalue weighted by molar-refractivity contribution is 6.30. The van der Waals surface area contributed by atoms with Crippen LogP contribution in [-0.4, -0.2) is 11.7 Å². The van der Waals surface area contributed by atoms with E-state index in [1.54, 1.807) is 30.3 Å². The van der Waals surface area contributed by atoms with E-state index >= 15 is 0 Å². The third kappa shape index (κ3) is 3.65. The van der Waals surface area contributed by atoms with Crippen LogP contribution in [0.3, 0.4) is 0 Å². The minimum absolute atomic E-state index is 0.00345. The van der Waals surface area contributed by atoms with Gasteiger partial charge in [0.1, 0.15) is 12.4 Å². The molecule has 0 saturated heterocycles. The van der Waals surface area contributed by atoms with Crippen molar-refractivity contribution in [3.05, 3.63) is 58.4 Å². The molecule has 1 N–H and O–H groups in total. The fraction of sp³-hybridized carbons (Fsp3) is 0.250. The van der Waals surface area contributed by atoms with E-state index in [2.05, 4.69) is 0 Å². The lowest BCUT2D eigenvalue weighted by Gasteiger charge is -2.15. The van der Waals surface area contributed by atoms with Gasteiger partial charge in [-0.05, 0) is 19.1 Å². The predicted octanol–water partition coefficient (Wildman–Crippen LogP) is 3.95. The predicted molar refractivity (Wildman–Crippen MR) is 79.3 cm³/mol. The van der Waals surface area contributed by atoms with Crippen molar-refractivity contribution in [2.75, 3.05) is 6.61 Å². The highest BCUT2D eigenvalue weighted by Gasteiger charge is 2.13. The fourth-order valence-electron chi connectivity index (χ4n) is 1.93. The molecule has 2 aromatic rings. The monoisotopic (exact) mass is 310 g/mol. The summed E-state index contributed by atoms with van der Waals surface area (Å²) in [5.41, 5.74) is 0.932. The largest absolute Gasteiger partial charge is 0.490 e. The minimum atomic E-state index is -0.501. The molecule has 0 aliphatic heterocycles. The van der Waals surface area contributed by atoms with Gasteiger partial charge in [0.2, 0.25) is 0 Å². The summed E-state index contributed by atoms with van der Waals surface area (Å²) in [6.07, 6.45) is 0. The van der Waals surface area contributed by atoms with Crippen LogP contribution in [0.15, 0.2) is 36.4 Å². The van der Waals surface area contributed by atoms with Crippen molar-refractivity contribution in [2.45, 2.75) is 20.1 Å².